The van der Waals surface area contributed by atoms with Crippen molar-refractivity contribution in [3.63, 3.8) is 0 Å². The van der Waals surface area contributed by atoms with Crippen LogP contribution < -0.4 is 0 Å². The zero-order valence-corrected chi connectivity index (χ0v) is 54.4. The van der Waals surface area contributed by atoms with Crippen LogP contribution in [0.2, 0.25) is 0 Å². The second-order valence-corrected chi connectivity index (χ2v) is 23.0. The fourth-order valence-electron chi connectivity index (χ4n) is 9.75. The molecule has 0 aliphatic rings. The van der Waals surface area contributed by atoms with Crippen LogP contribution in [0.1, 0.15) is 329 Å². The molecule has 0 spiro atoms. The number of hydrogen-bond acceptors (Lipinski definition) is 6. The van der Waals surface area contributed by atoms with Crippen LogP contribution in [0.4, 0.5) is 0 Å². The third kappa shape index (κ3) is 68.5. The third-order valence-corrected chi connectivity index (χ3v) is 14.9. The number of unbranched alkanes of at least 4 members (excludes halogenated alkanes) is 32. The van der Waals surface area contributed by atoms with Gasteiger partial charge >= 0.3 is 17.9 Å². The van der Waals surface area contributed by atoms with Crippen LogP contribution in [-0.4, -0.2) is 37.2 Å². The van der Waals surface area contributed by atoms with E-state index in [0.717, 1.165) is 128 Å². The predicted octanol–water partition coefficient (Wildman–Crippen LogP) is 24.3. The number of carbonyl (C=O) groups excluding carboxylic acids is 3. The van der Waals surface area contributed by atoms with Gasteiger partial charge in [0.15, 0.2) is 6.10 Å². The van der Waals surface area contributed by atoms with Crippen LogP contribution in [0.25, 0.3) is 0 Å². The van der Waals surface area contributed by atoms with Gasteiger partial charge < -0.3 is 14.2 Å². The number of hydrogen-bond donors (Lipinski definition) is 0. The summed E-state index contributed by atoms with van der Waals surface area (Å²) in [5, 5.41) is 0. The number of carbonyl (C=O) groups is 3. The van der Waals surface area contributed by atoms with Gasteiger partial charge in [-0.3, -0.25) is 14.4 Å². The Morgan fingerprint density at radius 2 is 0.470 bits per heavy atom. The lowest BCUT2D eigenvalue weighted by Gasteiger charge is -2.18. The lowest BCUT2D eigenvalue weighted by atomic mass is 10.0. The first-order chi connectivity index (χ1) is 41.0. The van der Waals surface area contributed by atoms with Gasteiger partial charge in [-0.1, -0.05) is 303 Å². The largest absolute Gasteiger partial charge is 0.462 e. The van der Waals surface area contributed by atoms with Crippen molar-refractivity contribution in [1.82, 2.24) is 0 Å². The van der Waals surface area contributed by atoms with Crippen molar-refractivity contribution in [1.29, 1.82) is 0 Å². The molecule has 0 N–H and O–H groups in total. The second-order valence-electron chi connectivity index (χ2n) is 23.0. The standard InChI is InChI=1S/C77H130O6/c1-4-7-10-13-16-19-22-25-28-31-32-33-34-35-36-37-38-39-40-41-42-43-44-47-49-52-55-58-61-64-67-70-76(79)82-73-74(83-77(80)71-68-65-62-59-56-53-50-46-30-27-24-21-18-15-12-9-6-3)72-81-75(78)69-66-63-60-57-54-51-48-45-29-26-23-20-17-14-11-8-5-2/h7,9-10,12,16-21,25-30,32-33,35-36,74H,4-6,8,11,13-15,22-24,31,34,37-73H2,1-3H3/b10-7-,12-9-,19-16-,20-17-,21-18-,28-25-,29-26-,30-27-,33-32-,36-35-. The summed E-state index contributed by atoms with van der Waals surface area (Å²) in [5.74, 6) is -0.891. The topological polar surface area (TPSA) is 78.9 Å². The van der Waals surface area contributed by atoms with Gasteiger partial charge in [0.05, 0.1) is 0 Å². The predicted molar refractivity (Wildman–Crippen MR) is 362 cm³/mol. The molecule has 0 rings (SSSR count). The Hall–Kier alpha value is -4.19. The molecule has 0 heterocycles. The first-order valence-electron chi connectivity index (χ1n) is 35.0. The first kappa shape index (κ1) is 78.8. The van der Waals surface area contributed by atoms with Crippen molar-refractivity contribution in [2.75, 3.05) is 13.2 Å². The number of allylic oxidation sites excluding steroid dienone is 20. The Labute approximate surface area is 513 Å². The second kappa shape index (κ2) is 70.3. The number of esters is 3. The van der Waals surface area contributed by atoms with Crippen LogP contribution in [-0.2, 0) is 28.6 Å². The van der Waals surface area contributed by atoms with E-state index in [-0.39, 0.29) is 31.1 Å². The first-order valence-corrected chi connectivity index (χ1v) is 35.0. The summed E-state index contributed by atoms with van der Waals surface area (Å²) >= 11 is 0. The molecule has 0 aromatic rings. The third-order valence-electron chi connectivity index (χ3n) is 14.9. The van der Waals surface area contributed by atoms with Crippen molar-refractivity contribution in [3.05, 3.63) is 122 Å². The summed E-state index contributed by atoms with van der Waals surface area (Å²) in [6, 6.07) is 0. The summed E-state index contributed by atoms with van der Waals surface area (Å²) in [5.41, 5.74) is 0. The Bertz CT molecular complexity index is 1700. The van der Waals surface area contributed by atoms with Crippen molar-refractivity contribution in [2.24, 2.45) is 0 Å². The average molecular weight is 1150 g/mol. The molecule has 1 atom stereocenters. The van der Waals surface area contributed by atoms with Gasteiger partial charge in [0.25, 0.3) is 0 Å². The van der Waals surface area contributed by atoms with Gasteiger partial charge in [0.2, 0.25) is 0 Å². The Kier molecular flexibility index (Phi) is 66.7. The quantitative estimate of drug-likeness (QED) is 0.0261. The molecule has 6 nitrogen and oxygen atoms in total. The minimum atomic E-state index is -0.790. The zero-order valence-electron chi connectivity index (χ0n) is 54.4. The van der Waals surface area contributed by atoms with Gasteiger partial charge in [0, 0.05) is 19.3 Å². The molecule has 0 radical (unpaired) electrons. The minimum Gasteiger partial charge on any atom is -0.462 e. The highest BCUT2D eigenvalue weighted by atomic mass is 16.6. The van der Waals surface area contributed by atoms with Gasteiger partial charge in [-0.2, -0.15) is 0 Å². The zero-order chi connectivity index (χ0) is 59.9. The van der Waals surface area contributed by atoms with E-state index < -0.39 is 6.10 Å². The van der Waals surface area contributed by atoms with Crippen LogP contribution >= 0.6 is 0 Å². The molecule has 6 heteroatoms. The summed E-state index contributed by atoms with van der Waals surface area (Å²) in [7, 11) is 0. The van der Waals surface area contributed by atoms with Gasteiger partial charge in [-0.05, 0) is 128 Å². The maximum absolute atomic E-state index is 12.9. The van der Waals surface area contributed by atoms with Gasteiger partial charge in [0.1, 0.15) is 13.2 Å². The fourth-order valence-corrected chi connectivity index (χ4v) is 9.75. The fraction of sp³-hybridized carbons (Fsp3) is 0.701. The number of rotatable bonds is 63. The smallest absolute Gasteiger partial charge is 0.306 e. The van der Waals surface area contributed by atoms with Crippen LogP contribution in [0.5, 0.6) is 0 Å². The minimum absolute atomic E-state index is 0.0845. The highest BCUT2D eigenvalue weighted by molar-refractivity contribution is 5.71. The molecule has 0 saturated heterocycles. The molecule has 0 saturated carbocycles. The van der Waals surface area contributed by atoms with Crippen molar-refractivity contribution in [2.45, 2.75) is 335 Å². The average Bonchev–Trinajstić information content (AvgIpc) is 3.49. The highest BCUT2D eigenvalue weighted by Gasteiger charge is 2.19. The molecular weight excluding hydrogens is 1020 g/mol. The van der Waals surface area contributed by atoms with Crippen LogP contribution in [0, 0.1) is 0 Å². The maximum Gasteiger partial charge on any atom is 0.306 e. The molecular formula is C77H130O6. The Morgan fingerprint density at radius 1 is 0.253 bits per heavy atom. The SMILES string of the molecule is CC/C=C\C/C=C\C/C=C\C/C=C\C/C=C\CCCCCCCCCCCCCCCCCC(=O)OCC(COC(=O)CCCCCCCCC/C=C\C/C=C\CCCCC)OC(=O)CCCCCCCCC/C=C\C/C=C\C/C=C\CC. The van der Waals surface area contributed by atoms with E-state index in [4.69, 9.17) is 14.2 Å². The lowest BCUT2D eigenvalue weighted by molar-refractivity contribution is -0.167. The van der Waals surface area contributed by atoms with Crippen molar-refractivity contribution in [3.8, 4) is 0 Å². The van der Waals surface area contributed by atoms with E-state index in [0.29, 0.717) is 19.3 Å². The summed E-state index contributed by atoms with van der Waals surface area (Å²) in [6.07, 6.45) is 97.9. The maximum atomic E-state index is 12.9. The molecule has 0 aliphatic carbocycles. The van der Waals surface area contributed by atoms with E-state index in [1.54, 1.807) is 0 Å². The van der Waals surface area contributed by atoms with Gasteiger partial charge in [-0.25, -0.2) is 0 Å². The lowest BCUT2D eigenvalue weighted by Crippen LogP contribution is -2.30. The van der Waals surface area contributed by atoms with Gasteiger partial charge in [-0.15, -0.1) is 0 Å². The number of ether oxygens (including phenoxy) is 3. The molecule has 0 aromatic carbocycles. The molecule has 0 aromatic heterocycles. The molecule has 0 bridgehead atoms. The molecule has 0 fully saturated rings. The van der Waals surface area contributed by atoms with E-state index >= 15 is 0 Å². The molecule has 0 amide bonds. The van der Waals surface area contributed by atoms with E-state index in [1.165, 1.54) is 161 Å². The van der Waals surface area contributed by atoms with Crippen molar-refractivity contribution >= 4 is 17.9 Å². The Morgan fingerprint density at radius 3 is 0.735 bits per heavy atom. The van der Waals surface area contributed by atoms with E-state index in [9.17, 15) is 14.4 Å². The van der Waals surface area contributed by atoms with E-state index in [2.05, 4.69) is 142 Å². The summed E-state index contributed by atoms with van der Waals surface area (Å²) in [6.45, 7) is 6.41. The van der Waals surface area contributed by atoms with Crippen LogP contribution in [0.3, 0.4) is 0 Å². The van der Waals surface area contributed by atoms with Crippen LogP contribution in [0.15, 0.2) is 122 Å². The summed E-state index contributed by atoms with van der Waals surface area (Å²) < 4.78 is 17.0. The molecule has 474 valence electrons. The van der Waals surface area contributed by atoms with E-state index in [1.807, 2.05) is 0 Å². The normalized spacial score (nSPS) is 12.9. The molecule has 1 unspecified atom stereocenters. The highest BCUT2D eigenvalue weighted by Crippen LogP contribution is 2.17. The monoisotopic (exact) mass is 1150 g/mol. The molecule has 0 aliphatic heterocycles. The van der Waals surface area contributed by atoms with Crippen molar-refractivity contribution < 1.29 is 28.6 Å². The summed E-state index contributed by atoms with van der Waals surface area (Å²) in [4.78, 5) is 38.4. The Balaban J connectivity index is 4.28. The molecule has 83 heavy (non-hydrogen) atoms.